The van der Waals surface area contributed by atoms with Gasteiger partial charge in [-0.05, 0) is 73.4 Å². The van der Waals surface area contributed by atoms with Crippen LogP contribution in [0.3, 0.4) is 0 Å². The quantitative estimate of drug-likeness (QED) is 0.449. The summed E-state index contributed by atoms with van der Waals surface area (Å²) in [5.41, 5.74) is 1.06. The summed E-state index contributed by atoms with van der Waals surface area (Å²) in [6.45, 7) is 1.97. The molecule has 192 valence electrons. The number of hydrogen-bond donors (Lipinski definition) is 1. The van der Waals surface area contributed by atoms with Gasteiger partial charge in [0.1, 0.15) is 0 Å². The van der Waals surface area contributed by atoms with Gasteiger partial charge in [-0.2, -0.15) is 0 Å². The molecule has 0 bridgehead atoms. The number of carbonyl (C=O) groups is 2. The van der Waals surface area contributed by atoms with Crippen molar-refractivity contribution in [2.45, 2.75) is 50.0 Å². The molecule has 4 rings (SSSR count). The number of methoxy groups -OCH3 is 2. The molecule has 36 heavy (non-hydrogen) atoms. The number of carbonyl (C=O) groups excluding carboxylic acids is 2. The first-order valence-electron chi connectivity index (χ1n) is 11.9. The first-order valence-corrected chi connectivity index (χ1v) is 14.2. The number of sulfonamides is 1. The minimum absolute atomic E-state index is 0.0324. The standard InChI is InChI=1S/C26H30N2O6S2/c1-17(19-7-5-4-6-8-19)28-25(29)24(35-26(28)30)15-18-9-11-20(12-10-18)27-36(31,32)21-13-14-22(33-2)23(16-21)34-3/h9-17,19,27H,4-8H2,1-3H3. The van der Waals surface area contributed by atoms with Crippen LogP contribution in [0.15, 0.2) is 52.3 Å². The Balaban J connectivity index is 1.46. The molecule has 2 aromatic carbocycles. The second kappa shape index (κ2) is 11.0. The molecule has 1 aliphatic carbocycles. The van der Waals surface area contributed by atoms with Gasteiger partial charge in [0, 0.05) is 17.8 Å². The molecule has 1 heterocycles. The van der Waals surface area contributed by atoms with E-state index in [0.29, 0.717) is 33.6 Å². The molecule has 10 heteroatoms. The molecule has 8 nitrogen and oxygen atoms in total. The van der Waals surface area contributed by atoms with Gasteiger partial charge in [-0.3, -0.25) is 19.2 Å². The van der Waals surface area contributed by atoms with Crippen LogP contribution in [-0.2, 0) is 14.8 Å². The van der Waals surface area contributed by atoms with Gasteiger partial charge < -0.3 is 9.47 Å². The molecular formula is C26H30N2O6S2. The first-order chi connectivity index (χ1) is 17.2. The third-order valence-corrected chi connectivity index (χ3v) is 8.95. The van der Waals surface area contributed by atoms with Crippen molar-refractivity contribution in [3.8, 4) is 11.5 Å². The number of thioether (sulfide) groups is 1. The van der Waals surface area contributed by atoms with Crippen molar-refractivity contribution in [1.29, 1.82) is 0 Å². The van der Waals surface area contributed by atoms with Gasteiger partial charge in [0.15, 0.2) is 11.5 Å². The van der Waals surface area contributed by atoms with Gasteiger partial charge in [-0.25, -0.2) is 8.42 Å². The number of ether oxygens (including phenoxy) is 2. The summed E-state index contributed by atoms with van der Waals surface area (Å²) in [5, 5.41) is -0.233. The summed E-state index contributed by atoms with van der Waals surface area (Å²) >= 11 is 0.952. The van der Waals surface area contributed by atoms with E-state index >= 15 is 0 Å². The smallest absolute Gasteiger partial charge is 0.293 e. The molecule has 2 amide bonds. The first kappa shape index (κ1) is 26.1. The van der Waals surface area contributed by atoms with Crippen LogP contribution >= 0.6 is 11.8 Å². The van der Waals surface area contributed by atoms with Crippen LogP contribution < -0.4 is 14.2 Å². The van der Waals surface area contributed by atoms with E-state index in [0.717, 1.165) is 37.4 Å². The van der Waals surface area contributed by atoms with E-state index < -0.39 is 10.0 Å². The summed E-state index contributed by atoms with van der Waals surface area (Å²) in [6.07, 6.45) is 7.26. The molecule has 0 spiro atoms. The maximum atomic E-state index is 13.0. The lowest BCUT2D eigenvalue weighted by Crippen LogP contribution is -2.42. The average Bonchev–Trinajstić information content (AvgIpc) is 3.16. The highest BCUT2D eigenvalue weighted by Crippen LogP contribution is 2.38. The van der Waals surface area contributed by atoms with Crippen molar-refractivity contribution in [3.05, 3.63) is 52.9 Å². The predicted octanol–water partition coefficient (Wildman–Crippen LogP) is 5.51. The SMILES string of the molecule is COc1ccc(S(=O)(=O)Nc2ccc(C=C3SC(=O)N(C(C)C4CCCCC4)C3=O)cc2)cc1OC. The van der Waals surface area contributed by atoms with Crippen molar-refractivity contribution in [3.63, 3.8) is 0 Å². The van der Waals surface area contributed by atoms with Crippen LogP contribution in [0.5, 0.6) is 11.5 Å². The molecule has 1 aliphatic heterocycles. The normalized spacial score (nSPS) is 19.0. The molecule has 2 aliphatic rings. The second-order valence-electron chi connectivity index (χ2n) is 8.93. The fraction of sp³-hybridized carbons (Fsp3) is 0.385. The maximum absolute atomic E-state index is 13.0. The molecule has 0 aromatic heterocycles. The van der Waals surface area contributed by atoms with Crippen LogP contribution in [0.4, 0.5) is 10.5 Å². The molecule has 1 saturated heterocycles. The largest absolute Gasteiger partial charge is 0.493 e. The van der Waals surface area contributed by atoms with E-state index in [1.54, 1.807) is 30.3 Å². The summed E-state index contributed by atoms with van der Waals surface area (Å²) in [5.74, 6) is 0.826. The maximum Gasteiger partial charge on any atom is 0.293 e. The van der Waals surface area contributed by atoms with Crippen molar-refractivity contribution in [1.82, 2.24) is 4.90 Å². The summed E-state index contributed by atoms with van der Waals surface area (Å²) in [7, 11) is -0.948. The van der Waals surface area contributed by atoms with E-state index in [9.17, 15) is 18.0 Å². The highest BCUT2D eigenvalue weighted by Gasteiger charge is 2.40. The number of benzene rings is 2. The van der Waals surface area contributed by atoms with E-state index in [1.165, 1.54) is 43.7 Å². The zero-order valence-electron chi connectivity index (χ0n) is 20.5. The predicted molar refractivity (Wildman–Crippen MR) is 141 cm³/mol. The molecular weight excluding hydrogens is 500 g/mol. The van der Waals surface area contributed by atoms with Crippen molar-refractivity contribution < 1.29 is 27.5 Å². The minimum Gasteiger partial charge on any atom is -0.493 e. The van der Waals surface area contributed by atoms with E-state index in [4.69, 9.17) is 9.47 Å². The third kappa shape index (κ3) is 5.54. The lowest BCUT2D eigenvalue weighted by Gasteiger charge is -2.32. The van der Waals surface area contributed by atoms with Crippen molar-refractivity contribution in [2.75, 3.05) is 18.9 Å². The Labute approximate surface area is 216 Å². The molecule has 2 aromatic rings. The monoisotopic (exact) mass is 530 g/mol. The topological polar surface area (TPSA) is 102 Å². The minimum atomic E-state index is -3.86. The van der Waals surface area contributed by atoms with E-state index in [-0.39, 0.29) is 22.1 Å². The zero-order chi connectivity index (χ0) is 25.9. The van der Waals surface area contributed by atoms with Crippen LogP contribution in [-0.4, -0.2) is 44.7 Å². The Kier molecular flexibility index (Phi) is 7.94. The molecule has 2 fully saturated rings. The lowest BCUT2D eigenvalue weighted by molar-refractivity contribution is -0.125. The highest BCUT2D eigenvalue weighted by molar-refractivity contribution is 8.18. The number of amides is 2. The summed E-state index contributed by atoms with van der Waals surface area (Å²) in [4.78, 5) is 27.5. The van der Waals surface area contributed by atoms with Gasteiger partial charge in [0.05, 0.1) is 24.0 Å². The lowest BCUT2D eigenvalue weighted by atomic mass is 9.84. The van der Waals surface area contributed by atoms with Crippen molar-refractivity contribution in [2.24, 2.45) is 5.92 Å². The van der Waals surface area contributed by atoms with Crippen molar-refractivity contribution >= 4 is 44.7 Å². The molecule has 0 radical (unpaired) electrons. The fourth-order valence-corrected chi connectivity index (χ4v) is 6.64. The highest BCUT2D eigenvalue weighted by atomic mass is 32.2. The van der Waals surface area contributed by atoms with Crippen LogP contribution in [0.25, 0.3) is 6.08 Å². The van der Waals surface area contributed by atoms with Gasteiger partial charge in [-0.15, -0.1) is 0 Å². The molecule has 1 saturated carbocycles. The Morgan fingerprint density at radius 3 is 2.31 bits per heavy atom. The van der Waals surface area contributed by atoms with Gasteiger partial charge in [-0.1, -0.05) is 31.4 Å². The zero-order valence-corrected chi connectivity index (χ0v) is 22.2. The fourth-order valence-electron chi connectivity index (χ4n) is 4.65. The Morgan fingerprint density at radius 2 is 1.67 bits per heavy atom. The molecule has 1 N–H and O–H groups in total. The number of hydrogen-bond acceptors (Lipinski definition) is 7. The third-order valence-electron chi connectivity index (χ3n) is 6.69. The Hall–Kier alpha value is -2.98. The number of rotatable bonds is 8. The second-order valence-corrected chi connectivity index (χ2v) is 11.6. The van der Waals surface area contributed by atoms with E-state index in [1.807, 2.05) is 6.92 Å². The molecule has 1 atom stereocenters. The Morgan fingerprint density at radius 1 is 1.00 bits per heavy atom. The van der Waals surface area contributed by atoms with Crippen LogP contribution in [0, 0.1) is 5.92 Å². The molecule has 1 unspecified atom stereocenters. The number of anilines is 1. The van der Waals surface area contributed by atoms with Gasteiger partial charge in [0.25, 0.3) is 21.2 Å². The van der Waals surface area contributed by atoms with Crippen LogP contribution in [0.1, 0.15) is 44.6 Å². The summed E-state index contributed by atoms with van der Waals surface area (Å²) < 4.78 is 38.6. The number of nitrogens with one attached hydrogen (secondary N) is 1. The van der Waals surface area contributed by atoms with E-state index in [2.05, 4.69) is 4.72 Å². The number of nitrogens with zero attached hydrogens (tertiary/aromatic N) is 1. The number of imide groups is 1. The summed E-state index contributed by atoms with van der Waals surface area (Å²) in [6, 6.07) is 10.9. The van der Waals surface area contributed by atoms with Gasteiger partial charge >= 0.3 is 0 Å². The van der Waals surface area contributed by atoms with Crippen LogP contribution in [0.2, 0.25) is 0 Å². The Bertz CT molecular complexity index is 1270. The van der Waals surface area contributed by atoms with Gasteiger partial charge in [0.2, 0.25) is 0 Å². The average molecular weight is 531 g/mol.